The monoisotopic (exact) mass is 451 g/mol. The first-order chi connectivity index (χ1) is 16.2. The predicted molar refractivity (Wildman–Crippen MR) is 121 cm³/mol. The lowest BCUT2D eigenvalue weighted by Gasteiger charge is -2.27. The number of hydrogen-bond acceptors (Lipinski definition) is 7. The molecular weight excluding hydrogens is 428 g/mol. The minimum atomic E-state index is -2.54. The third-order valence-electron chi connectivity index (χ3n) is 5.37. The lowest BCUT2D eigenvalue weighted by molar-refractivity contribution is 0.122. The van der Waals surface area contributed by atoms with Crippen LogP contribution in [0, 0.1) is 0 Å². The van der Waals surface area contributed by atoms with E-state index in [0.29, 0.717) is 55.8 Å². The molecule has 1 aliphatic heterocycles. The van der Waals surface area contributed by atoms with Gasteiger partial charge >= 0.3 is 0 Å². The summed E-state index contributed by atoms with van der Waals surface area (Å²) in [5, 5.41) is 3.25. The maximum Gasteiger partial charge on any atom is 0.245 e. The average molecular weight is 451 g/mol. The van der Waals surface area contributed by atoms with Gasteiger partial charge in [-0.15, -0.1) is 0 Å². The van der Waals surface area contributed by atoms with Gasteiger partial charge in [0.05, 0.1) is 30.7 Å². The van der Waals surface area contributed by atoms with Gasteiger partial charge < -0.3 is 15.0 Å². The second-order valence-electron chi connectivity index (χ2n) is 7.64. The zero-order chi connectivity index (χ0) is 22.6. The van der Waals surface area contributed by atoms with Crippen molar-refractivity contribution in [2.24, 2.45) is 0 Å². The molecule has 0 atom stereocenters. The van der Waals surface area contributed by atoms with Crippen LogP contribution in [0.15, 0.2) is 54.6 Å². The van der Waals surface area contributed by atoms with Crippen LogP contribution >= 0.6 is 0 Å². The Morgan fingerprint density at radius 1 is 0.879 bits per heavy atom. The molecule has 33 heavy (non-hydrogen) atoms. The van der Waals surface area contributed by atoms with Gasteiger partial charge in [0.1, 0.15) is 5.82 Å². The van der Waals surface area contributed by atoms with Crippen LogP contribution in [0.3, 0.4) is 0 Å². The SMILES string of the molecule is FC(F)Cc1nc2ccccc2n1-c1nc(NCc2ccccc2)nc(N2CCOCC2)n1. The van der Waals surface area contributed by atoms with Gasteiger partial charge in [0.25, 0.3) is 0 Å². The van der Waals surface area contributed by atoms with Crippen molar-refractivity contribution in [3.05, 3.63) is 66.0 Å². The van der Waals surface area contributed by atoms with Crippen molar-refractivity contribution in [1.29, 1.82) is 0 Å². The van der Waals surface area contributed by atoms with Gasteiger partial charge in [-0.05, 0) is 17.7 Å². The van der Waals surface area contributed by atoms with Gasteiger partial charge in [0.15, 0.2) is 0 Å². The second-order valence-corrected chi connectivity index (χ2v) is 7.64. The molecule has 8 nitrogen and oxygen atoms in total. The molecule has 1 saturated heterocycles. The normalized spacial score (nSPS) is 14.2. The van der Waals surface area contributed by atoms with Crippen LogP contribution in [0.4, 0.5) is 20.7 Å². The van der Waals surface area contributed by atoms with E-state index < -0.39 is 12.8 Å². The molecule has 3 heterocycles. The summed E-state index contributed by atoms with van der Waals surface area (Å²) in [6, 6.07) is 17.2. The first kappa shape index (κ1) is 21.2. The number of halogens is 2. The molecule has 0 amide bonds. The van der Waals surface area contributed by atoms with Crippen LogP contribution in [0.5, 0.6) is 0 Å². The fraction of sp³-hybridized carbons (Fsp3) is 0.304. The van der Waals surface area contributed by atoms with Crippen molar-refractivity contribution in [2.45, 2.75) is 19.4 Å². The number of morpholine rings is 1. The smallest absolute Gasteiger partial charge is 0.245 e. The molecule has 0 bridgehead atoms. The predicted octanol–water partition coefficient (Wildman–Crippen LogP) is 3.47. The molecule has 5 rings (SSSR count). The summed E-state index contributed by atoms with van der Waals surface area (Å²) in [5.41, 5.74) is 2.35. The lowest BCUT2D eigenvalue weighted by atomic mass is 10.2. The Labute approximate surface area is 189 Å². The van der Waals surface area contributed by atoms with E-state index in [0.717, 1.165) is 5.56 Å². The number of aromatic nitrogens is 5. The topological polar surface area (TPSA) is 81.0 Å². The highest BCUT2D eigenvalue weighted by molar-refractivity contribution is 5.77. The molecule has 0 unspecified atom stereocenters. The zero-order valence-electron chi connectivity index (χ0n) is 17.9. The molecule has 0 saturated carbocycles. The van der Waals surface area contributed by atoms with Crippen LogP contribution in [0.2, 0.25) is 0 Å². The van der Waals surface area contributed by atoms with E-state index in [-0.39, 0.29) is 11.8 Å². The van der Waals surface area contributed by atoms with Crippen molar-refractivity contribution in [2.75, 3.05) is 36.5 Å². The molecule has 4 aromatic rings. The molecule has 0 aliphatic carbocycles. The number of hydrogen-bond donors (Lipinski definition) is 1. The zero-order valence-corrected chi connectivity index (χ0v) is 17.9. The third-order valence-corrected chi connectivity index (χ3v) is 5.37. The van der Waals surface area contributed by atoms with Crippen LogP contribution in [0.25, 0.3) is 17.0 Å². The van der Waals surface area contributed by atoms with Crippen molar-refractivity contribution >= 4 is 22.9 Å². The Balaban J connectivity index is 1.59. The molecule has 1 aliphatic rings. The maximum absolute atomic E-state index is 13.4. The summed E-state index contributed by atoms with van der Waals surface area (Å²) < 4.78 is 33.8. The van der Waals surface area contributed by atoms with Crippen molar-refractivity contribution < 1.29 is 13.5 Å². The summed E-state index contributed by atoms with van der Waals surface area (Å²) >= 11 is 0. The van der Waals surface area contributed by atoms with E-state index in [4.69, 9.17) is 4.74 Å². The van der Waals surface area contributed by atoms with Gasteiger partial charge in [-0.3, -0.25) is 4.57 Å². The molecule has 2 aromatic heterocycles. The molecular formula is C23H23F2N7O. The molecule has 2 aromatic carbocycles. The highest BCUT2D eigenvalue weighted by Gasteiger charge is 2.22. The lowest BCUT2D eigenvalue weighted by Crippen LogP contribution is -2.37. The molecule has 10 heteroatoms. The Morgan fingerprint density at radius 3 is 2.39 bits per heavy atom. The minimum Gasteiger partial charge on any atom is -0.378 e. The van der Waals surface area contributed by atoms with Gasteiger partial charge in [-0.2, -0.15) is 15.0 Å². The van der Waals surface area contributed by atoms with Crippen LogP contribution < -0.4 is 10.2 Å². The number of benzene rings is 2. The fourth-order valence-electron chi connectivity index (χ4n) is 3.79. The Morgan fingerprint density at radius 2 is 1.61 bits per heavy atom. The second kappa shape index (κ2) is 9.45. The number of imidazole rings is 1. The Bertz CT molecular complexity index is 1230. The van der Waals surface area contributed by atoms with Crippen molar-refractivity contribution in [3.63, 3.8) is 0 Å². The number of anilines is 2. The van der Waals surface area contributed by atoms with E-state index in [1.165, 1.54) is 0 Å². The molecule has 1 fully saturated rings. The van der Waals surface area contributed by atoms with Gasteiger partial charge in [0.2, 0.25) is 24.3 Å². The average Bonchev–Trinajstić information content (AvgIpc) is 3.21. The number of ether oxygens (including phenoxy) is 1. The largest absolute Gasteiger partial charge is 0.378 e. The number of alkyl halides is 2. The number of nitrogens with one attached hydrogen (secondary N) is 1. The van der Waals surface area contributed by atoms with Gasteiger partial charge in [0, 0.05) is 19.6 Å². The molecule has 0 radical (unpaired) electrons. The van der Waals surface area contributed by atoms with Gasteiger partial charge in [-0.25, -0.2) is 13.8 Å². The Kier molecular flexibility index (Phi) is 6.07. The summed E-state index contributed by atoms with van der Waals surface area (Å²) in [7, 11) is 0. The van der Waals surface area contributed by atoms with E-state index in [2.05, 4.69) is 25.3 Å². The maximum atomic E-state index is 13.4. The summed E-state index contributed by atoms with van der Waals surface area (Å²) in [5.74, 6) is 1.30. The number of rotatable bonds is 7. The molecule has 170 valence electrons. The quantitative estimate of drug-likeness (QED) is 0.461. The van der Waals surface area contributed by atoms with Crippen molar-refractivity contribution in [3.8, 4) is 5.95 Å². The van der Waals surface area contributed by atoms with E-state index in [9.17, 15) is 8.78 Å². The Hall–Kier alpha value is -3.66. The number of nitrogens with zero attached hydrogens (tertiary/aromatic N) is 6. The van der Waals surface area contributed by atoms with E-state index >= 15 is 0 Å². The van der Waals surface area contributed by atoms with Gasteiger partial charge in [-0.1, -0.05) is 42.5 Å². The summed E-state index contributed by atoms with van der Waals surface area (Å²) in [6.45, 7) is 2.92. The minimum absolute atomic E-state index is 0.208. The third kappa shape index (κ3) is 4.75. The number of para-hydroxylation sites is 2. The molecule has 0 spiro atoms. The summed E-state index contributed by atoms with van der Waals surface area (Å²) in [6.07, 6.45) is -3.04. The molecule has 1 N–H and O–H groups in total. The van der Waals surface area contributed by atoms with E-state index in [1.807, 2.05) is 53.4 Å². The van der Waals surface area contributed by atoms with E-state index in [1.54, 1.807) is 10.6 Å². The number of fused-ring (bicyclic) bond motifs is 1. The highest BCUT2D eigenvalue weighted by Crippen LogP contribution is 2.23. The summed E-state index contributed by atoms with van der Waals surface area (Å²) in [4.78, 5) is 20.3. The van der Waals surface area contributed by atoms with Crippen molar-refractivity contribution in [1.82, 2.24) is 24.5 Å². The first-order valence-electron chi connectivity index (χ1n) is 10.8. The van der Waals surface area contributed by atoms with Crippen LogP contribution in [0.1, 0.15) is 11.4 Å². The first-order valence-corrected chi connectivity index (χ1v) is 10.8. The standard InChI is InChI=1S/C23H23F2N7O/c24-19(25)14-20-27-17-8-4-5-9-18(17)32(20)23-29-21(26-15-16-6-2-1-3-7-16)28-22(30-23)31-10-12-33-13-11-31/h1-9,19H,10-15H2,(H,26,28,29,30). The van der Waals surface area contributed by atoms with Crippen LogP contribution in [-0.2, 0) is 17.7 Å². The van der Waals surface area contributed by atoms with Crippen LogP contribution in [-0.4, -0.2) is 57.2 Å². The fourth-order valence-corrected chi connectivity index (χ4v) is 3.79. The highest BCUT2D eigenvalue weighted by atomic mass is 19.3.